The molecule has 2 atom stereocenters. The van der Waals surface area contributed by atoms with Crippen molar-refractivity contribution in [2.45, 2.75) is 37.5 Å². The van der Waals surface area contributed by atoms with Gasteiger partial charge >= 0.3 is 5.97 Å². The minimum atomic E-state index is -1.44. The second kappa shape index (κ2) is 5.80. The zero-order valence-electron chi connectivity index (χ0n) is 13.1. The van der Waals surface area contributed by atoms with Gasteiger partial charge in [-0.05, 0) is 42.9 Å². The third kappa shape index (κ3) is 2.76. The number of carboxylic acid groups (broad SMARTS) is 1. The molecule has 0 aromatic heterocycles. The molecule has 0 aliphatic heterocycles. The highest BCUT2D eigenvalue weighted by Crippen LogP contribution is 2.38. The Balaban J connectivity index is 2.06. The number of benzene rings is 2. The largest absolute Gasteiger partial charge is 0.480 e. The fourth-order valence-corrected chi connectivity index (χ4v) is 3.49. The molecule has 0 spiro atoms. The monoisotopic (exact) mass is 311 g/mol. The summed E-state index contributed by atoms with van der Waals surface area (Å²) in [6.07, 6.45) is 2.07. The standard InChI is InChI=1S/C19H21NO3/c1-18(23,15-10-3-2-4-11-15)20-19(17(21)22)13-7-9-14-8-5-6-12-16(14)19/h2-6,8,10-12,20,23H,7,9,13H2,1H3,(H,21,22). The fraction of sp³-hybridized carbons (Fsp3) is 0.316. The molecule has 3 N–H and O–H groups in total. The maximum atomic E-state index is 12.2. The smallest absolute Gasteiger partial charge is 0.328 e. The van der Waals surface area contributed by atoms with Crippen LogP contribution in [0.25, 0.3) is 0 Å². The van der Waals surface area contributed by atoms with Crippen LogP contribution in [0.15, 0.2) is 54.6 Å². The van der Waals surface area contributed by atoms with Gasteiger partial charge in [-0.25, -0.2) is 4.79 Å². The van der Waals surface area contributed by atoms with E-state index in [1.165, 1.54) is 0 Å². The van der Waals surface area contributed by atoms with Gasteiger partial charge in [0, 0.05) is 0 Å². The first-order valence-electron chi connectivity index (χ1n) is 7.85. The number of aliphatic hydroxyl groups is 1. The molecule has 120 valence electrons. The summed E-state index contributed by atoms with van der Waals surface area (Å²) in [4.78, 5) is 12.2. The first-order chi connectivity index (χ1) is 11.0. The van der Waals surface area contributed by atoms with Gasteiger partial charge in [0.15, 0.2) is 0 Å². The predicted molar refractivity (Wildman–Crippen MR) is 87.8 cm³/mol. The van der Waals surface area contributed by atoms with Gasteiger partial charge in [-0.1, -0.05) is 54.6 Å². The van der Waals surface area contributed by atoms with Crippen LogP contribution >= 0.6 is 0 Å². The molecule has 0 radical (unpaired) electrons. The Morgan fingerprint density at radius 1 is 1.13 bits per heavy atom. The van der Waals surface area contributed by atoms with Crippen molar-refractivity contribution in [2.24, 2.45) is 0 Å². The molecule has 2 aromatic carbocycles. The average molecular weight is 311 g/mol. The van der Waals surface area contributed by atoms with Crippen LogP contribution in [0.3, 0.4) is 0 Å². The number of carbonyl (C=O) groups is 1. The maximum Gasteiger partial charge on any atom is 0.328 e. The van der Waals surface area contributed by atoms with E-state index < -0.39 is 17.2 Å². The van der Waals surface area contributed by atoms with Crippen molar-refractivity contribution in [3.05, 3.63) is 71.3 Å². The van der Waals surface area contributed by atoms with E-state index in [2.05, 4.69) is 5.32 Å². The van der Waals surface area contributed by atoms with Crippen LogP contribution in [-0.2, 0) is 22.5 Å². The molecule has 0 heterocycles. The quantitative estimate of drug-likeness (QED) is 0.759. The van der Waals surface area contributed by atoms with Gasteiger partial charge in [0.25, 0.3) is 0 Å². The van der Waals surface area contributed by atoms with E-state index in [0.717, 1.165) is 24.0 Å². The summed E-state index contributed by atoms with van der Waals surface area (Å²) in [5, 5.41) is 23.9. The summed E-state index contributed by atoms with van der Waals surface area (Å²) in [7, 11) is 0. The van der Waals surface area contributed by atoms with Gasteiger partial charge in [0.1, 0.15) is 11.3 Å². The molecule has 0 saturated heterocycles. The van der Waals surface area contributed by atoms with Crippen molar-refractivity contribution in [2.75, 3.05) is 0 Å². The number of hydrogen-bond donors (Lipinski definition) is 3. The molecule has 2 unspecified atom stereocenters. The van der Waals surface area contributed by atoms with Crippen LogP contribution in [0.5, 0.6) is 0 Å². The van der Waals surface area contributed by atoms with Gasteiger partial charge in [-0.3, -0.25) is 5.32 Å². The second-order valence-corrected chi connectivity index (χ2v) is 6.28. The number of nitrogens with one attached hydrogen (secondary N) is 1. The number of aliphatic carboxylic acids is 1. The van der Waals surface area contributed by atoms with Crippen molar-refractivity contribution in [1.29, 1.82) is 0 Å². The highest BCUT2D eigenvalue weighted by molar-refractivity contribution is 5.82. The molecule has 4 nitrogen and oxygen atoms in total. The Kier molecular flexibility index (Phi) is 3.96. The molecule has 0 amide bonds. The zero-order chi connectivity index (χ0) is 16.5. The van der Waals surface area contributed by atoms with E-state index in [0.29, 0.717) is 12.0 Å². The maximum absolute atomic E-state index is 12.2. The van der Waals surface area contributed by atoms with Crippen molar-refractivity contribution in [3.8, 4) is 0 Å². The van der Waals surface area contributed by atoms with E-state index in [-0.39, 0.29) is 0 Å². The molecular formula is C19H21NO3. The van der Waals surface area contributed by atoms with E-state index in [9.17, 15) is 15.0 Å². The summed E-state index contributed by atoms with van der Waals surface area (Å²) < 4.78 is 0. The summed E-state index contributed by atoms with van der Waals surface area (Å²) in [5.41, 5.74) is -0.311. The lowest BCUT2D eigenvalue weighted by molar-refractivity contribution is -0.151. The normalized spacial score (nSPS) is 22.9. The SMILES string of the molecule is CC(O)(NC1(C(=O)O)CCCc2ccccc21)c1ccccc1. The van der Waals surface area contributed by atoms with Crippen LogP contribution in [0.4, 0.5) is 0 Å². The van der Waals surface area contributed by atoms with Crippen LogP contribution in [0.2, 0.25) is 0 Å². The molecule has 3 rings (SSSR count). The third-order valence-electron chi connectivity index (χ3n) is 4.63. The lowest BCUT2D eigenvalue weighted by Crippen LogP contribution is -2.58. The van der Waals surface area contributed by atoms with Gasteiger partial charge < -0.3 is 10.2 Å². The number of carboxylic acids is 1. The highest BCUT2D eigenvalue weighted by atomic mass is 16.4. The van der Waals surface area contributed by atoms with Gasteiger partial charge in [0.05, 0.1) is 0 Å². The van der Waals surface area contributed by atoms with Crippen LogP contribution in [-0.4, -0.2) is 16.2 Å². The fourth-order valence-electron chi connectivity index (χ4n) is 3.49. The van der Waals surface area contributed by atoms with E-state index in [1.807, 2.05) is 42.5 Å². The van der Waals surface area contributed by atoms with Gasteiger partial charge in [0.2, 0.25) is 0 Å². The van der Waals surface area contributed by atoms with Crippen LogP contribution < -0.4 is 5.32 Å². The topological polar surface area (TPSA) is 69.6 Å². The summed E-state index contributed by atoms with van der Waals surface area (Å²) >= 11 is 0. The molecule has 0 fully saturated rings. The average Bonchev–Trinajstić information content (AvgIpc) is 2.55. The molecule has 1 aliphatic rings. The molecule has 23 heavy (non-hydrogen) atoms. The molecule has 4 heteroatoms. The summed E-state index contributed by atoms with van der Waals surface area (Å²) in [6, 6.07) is 16.7. The predicted octanol–water partition coefficient (Wildman–Crippen LogP) is 2.76. The first-order valence-corrected chi connectivity index (χ1v) is 7.85. The second-order valence-electron chi connectivity index (χ2n) is 6.28. The van der Waals surface area contributed by atoms with Crippen LogP contribution in [0, 0.1) is 0 Å². The van der Waals surface area contributed by atoms with Gasteiger partial charge in [-0.15, -0.1) is 0 Å². The number of fused-ring (bicyclic) bond motifs is 1. The number of rotatable bonds is 4. The Morgan fingerprint density at radius 3 is 2.48 bits per heavy atom. The highest BCUT2D eigenvalue weighted by Gasteiger charge is 2.47. The Bertz CT molecular complexity index is 712. The molecule has 0 saturated carbocycles. The lowest BCUT2D eigenvalue weighted by Gasteiger charge is -2.41. The molecular weight excluding hydrogens is 290 g/mol. The zero-order valence-corrected chi connectivity index (χ0v) is 13.1. The number of hydrogen-bond acceptors (Lipinski definition) is 3. The first kappa shape index (κ1) is 15.7. The van der Waals surface area contributed by atoms with Crippen molar-refractivity contribution < 1.29 is 15.0 Å². The Hall–Kier alpha value is -2.17. The molecule has 0 bridgehead atoms. The summed E-state index contributed by atoms with van der Waals surface area (Å²) in [5.74, 6) is -0.958. The van der Waals surface area contributed by atoms with Crippen LogP contribution in [0.1, 0.15) is 36.5 Å². The van der Waals surface area contributed by atoms with Crippen molar-refractivity contribution in [3.63, 3.8) is 0 Å². The third-order valence-corrected chi connectivity index (χ3v) is 4.63. The minimum Gasteiger partial charge on any atom is -0.480 e. The molecule has 2 aromatic rings. The summed E-state index contributed by atoms with van der Waals surface area (Å²) in [6.45, 7) is 1.60. The van der Waals surface area contributed by atoms with E-state index in [4.69, 9.17) is 0 Å². The lowest BCUT2D eigenvalue weighted by atomic mass is 9.75. The van der Waals surface area contributed by atoms with Crippen molar-refractivity contribution >= 4 is 5.97 Å². The van der Waals surface area contributed by atoms with Gasteiger partial charge in [-0.2, -0.15) is 0 Å². The van der Waals surface area contributed by atoms with E-state index >= 15 is 0 Å². The van der Waals surface area contributed by atoms with E-state index in [1.54, 1.807) is 19.1 Å². The Morgan fingerprint density at radius 2 is 1.78 bits per heavy atom. The minimum absolute atomic E-state index is 0.447. The molecule has 1 aliphatic carbocycles. The number of aryl methyl sites for hydroxylation is 1. The Labute approximate surface area is 135 Å². The van der Waals surface area contributed by atoms with Crippen molar-refractivity contribution in [1.82, 2.24) is 5.32 Å².